The minimum Gasteiger partial charge on any atom is -0.391 e. The quantitative estimate of drug-likeness (QED) is 0.712. The highest BCUT2D eigenvalue weighted by molar-refractivity contribution is 7.91. The summed E-state index contributed by atoms with van der Waals surface area (Å²) in [7, 11) is -3.46. The summed E-state index contributed by atoms with van der Waals surface area (Å²) >= 11 is 1.13. The van der Waals surface area contributed by atoms with Crippen LogP contribution in [0.25, 0.3) is 0 Å². The van der Waals surface area contributed by atoms with Crippen molar-refractivity contribution in [1.29, 1.82) is 0 Å². The fourth-order valence-electron chi connectivity index (χ4n) is 2.18. The SMILES string of the molecule is Cc1cc(S(=O)(=O)NCCCN2CCOCC2)sc1CO. The molecule has 0 atom stereocenters. The number of nitrogens with one attached hydrogen (secondary N) is 1. The Labute approximate surface area is 129 Å². The average molecular weight is 334 g/mol. The van der Waals surface area contributed by atoms with Gasteiger partial charge in [-0.25, -0.2) is 13.1 Å². The molecule has 0 bridgehead atoms. The highest BCUT2D eigenvalue weighted by atomic mass is 32.2. The van der Waals surface area contributed by atoms with Crippen LogP contribution in [0.5, 0.6) is 0 Å². The van der Waals surface area contributed by atoms with Crippen LogP contribution >= 0.6 is 11.3 Å². The number of hydrogen-bond acceptors (Lipinski definition) is 6. The molecule has 2 N–H and O–H groups in total. The fraction of sp³-hybridized carbons (Fsp3) is 0.692. The Kier molecular flexibility index (Phi) is 6.15. The molecular weight excluding hydrogens is 312 g/mol. The molecule has 1 aromatic heterocycles. The lowest BCUT2D eigenvalue weighted by Gasteiger charge is -2.26. The number of aliphatic hydroxyl groups is 1. The number of sulfonamides is 1. The van der Waals surface area contributed by atoms with Crippen LogP contribution in [0.3, 0.4) is 0 Å². The molecule has 1 saturated heterocycles. The van der Waals surface area contributed by atoms with E-state index in [2.05, 4.69) is 9.62 Å². The van der Waals surface area contributed by atoms with Crippen molar-refractivity contribution in [2.45, 2.75) is 24.2 Å². The van der Waals surface area contributed by atoms with Gasteiger partial charge in [0.25, 0.3) is 0 Å². The van der Waals surface area contributed by atoms with Crippen LogP contribution in [-0.2, 0) is 21.4 Å². The van der Waals surface area contributed by atoms with Crippen molar-refractivity contribution in [3.63, 3.8) is 0 Å². The van der Waals surface area contributed by atoms with Gasteiger partial charge in [-0.2, -0.15) is 0 Å². The Morgan fingerprint density at radius 1 is 1.43 bits per heavy atom. The number of morpholine rings is 1. The van der Waals surface area contributed by atoms with E-state index in [1.807, 2.05) is 0 Å². The zero-order valence-electron chi connectivity index (χ0n) is 12.2. The predicted octanol–water partition coefficient (Wildman–Crippen LogP) is 0.549. The Morgan fingerprint density at radius 3 is 2.76 bits per heavy atom. The molecule has 1 aliphatic heterocycles. The lowest BCUT2D eigenvalue weighted by atomic mass is 10.3. The van der Waals surface area contributed by atoms with Crippen molar-refractivity contribution in [2.24, 2.45) is 0 Å². The van der Waals surface area contributed by atoms with Gasteiger partial charge in [0.2, 0.25) is 10.0 Å². The van der Waals surface area contributed by atoms with Crippen LogP contribution in [0, 0.1) is 6.92 Å². The second-order valence-electron chi connectivity index (χ2n) is 5.04. The molecular formula is C13H22N2O4S2. The van der Waals surface area contributed by atoms with Gasteiger partial charge >= 0.3 is 0 Å². The van der Waals surface area contributed by atoms with Crippen LogP contribution in [0.2, 0.25) is 0 Å². The van der Waals surface area contributed by atoms with Gasteiger partial charge in [0.05, 0.1) is 19.8 Å². The van der Waals surface area contributed by atoms with E-state index in [0.717, 1.165) is 56.2 Å². The van der Waals surface area contributed by atoms with Gasteiger partial charge in [-0.3, -0.25) is 4.90 Å². The molecule has 6 nitrogen and oxygen atoms in total. The van der Waals surface area contributed by atoms with Crippen LogP contribution in [-0.4, -0.2) is 57.8 Å². The van der Waals surface area contributed by atoms with E-state index >= 15 is 0 Å². The summed E-state index contributed by atoms with van der Waals surface area (Å²) < 4.78 is 32.5. The standard InChI is InChI=1S/C13H22N2O4S2/c1-11-9-13(20-12(11)10-16)21(17,18)14-3-2-4-15-5-7-19-8-6-15/h9,14,16H,2-8,10H2,1H3. The maximum atomic E-state index is 12.1. The molecule has 2 rings (SSSR count). The minimum atomic E-state index is -3.46. The smallest absolute Gasteiger partial charge is 0.250 e. The molecule has 21 heavy (non-hydrogen) atoms. The summed E-state index contributed by atoms with van der Waals surface area (Å²) in [5.41, 5.74) is 0.816. The summed E-state index contributed by atoms with van der Waals surface area (Å²) in [4.78, 5) is 2.97. The summed E-state index contributed by atoms with van der Waals surface area (Å²) in [5, 5.41) is 9.14. The molecule has 0 saturated carbocycles. The zero-order valence-corrected chi connectivity index (χ0v) is 13.8. The lowest BCUT2D eigenvalue weighted by molar-refractivity contribution is 0.0376. The van der Waals surface area contributed by atoms with Gasteiger partial charge in [0.15, 0.2) is 0 Å². The van der Waals surface area contributed by atoms with E-state index < -0.39 is 10.0 Å². The van der Waals surface area contributed by atoms with E-state index in [1.165, 1.54) is 0 Å². The summed E-state index contributed by atoms with van der Waals surface area (Å²) in [6.07, 6.45) is 0.774. The van der Waals surface area contributed by atoms with Crippen LogP contribution in [0.15, 0.2) is 10.3 Å². The summed E-state index contributed by atoms with van der Waals surface area (Å²) in [5.74, 6) is 0. The largest absolute Gasteiger partial charge is 0.391 e. The topological polar surface area (TPSA) is 78.9 Å². The highest BCUT2D eigenvalue weighted by Gasteiger charge is 2.18. The van der Waals surface area contributed by atoms with Crippen molar-refractivity contribution in [3.8, 4) is 0 Å². The summed E-state index contributed by atoms with van der Waals surface area (Å²) in [6, 6.07) is 1.61. The predicted molar refractivity (Wildman–Crippen MR) is 82.0 cm³/mol. The van der Waals surface area contributed by atoms with E-state index in [0.29, 0.717) is 11.4 Å². The van der Waals surface area contributed by atoms with Gasteiger partial charge in [-0.05, 0) is 31.5 Å². The molecule has 2 heterocycles. The number of ether oxygens (including phenoxy) is 1. The first-order valence-electron chi connectivity index (χ1n) is 7.03. The number of hydrogen-bond donors (Lipinski definition) is 2. The number of aliphatic hydroxyl groups excluding tert-OH is 1. The third kappa shape index (κ3) is 4.73. The number of aryl methyl sites for hydroxylation is 1. The molecule has 0 spiro atoms. The normalized spacial score (nSPS) is 17.2. The maximum absolute atomic E-state index is 12.1. The molecule has 0 radical (unpaired) electrons. The summed E-state index contributed by atoms with van der Waals surface area (Å²) in [6.45, 7) is 6.31. The lowest BCUT2D eigenvalue weighted by Crippen LogP contribution is -2.38. The molecule has 0 aromatic carbocycles. The number of nitrogens with zero attached hydrogens (tertiary/aromatic N) is 1. The van der Waals surface area contributed by atoms with Gasteiger partial charge in [-0.1, -0.05) is 0 Å². The molecule has 1 aromatic rings. The Bertz CT molecular complexity index is 551. The van der Waals surface area contributed by atoms with Gasteiger partial charge in [0.1, 0.15) is 4.21 Å². The first kappa shape index (κ1) is 16.9. The molecule has 120 valence electrons. The monoisotopic (exact) mass is 334 g/mol. The molecule has 8 heteroatoms. The Balaban J connectivity index is 1.80. The third-order valence-corrected chi connectivity index (χ3v) is 6.61. The first-order valence-corrected chi connectivity index (χ1v) is 9.33. The zero-order chi connectivity index (χ0) is 15.3. The van der Waals surface area contributed by atoms with Crippen LogP contribution in [0.1, 0.15) is 16.9 Å². The van der Waals surface area contributed by atoms with Crippen molar-refractivity contribution in [3.05, 3.63) is 16.5 Å². The highest BCUT2D eigenvalue weighted by Crippen LogP contribution is 2.25. The average Bonchev–Trinajstić information content (AvgIpc) is 2.87. The maximum Gasteiger partial charge on any atom is 0.250 e. The van der Waals surface area contributed by atoms with Gasteiger partial charge < -0.3 is 9.84 Å². The second-order valence-corrected chi connectivity index (χ2v) is 8.17. The van der Waals surface area contributed by atoms with Crippen molar-refractivity contribution in [2.75, 3.05) is 39.4 Å². The molecule has 0 unspecified atom stereocenters. The van der Waals surface area contributed by atoms with Gasteiger partial charge in [0, 0.05) is 24.5 Å². The van der Waals surface area contributed by atoms with Crippen molar-refractivity contribution in [1.82, 2.24) is 9.62 Å². The van der Waals surface area contributed by atoms with Gasteiger partial charge in [-0.15, -0.1) is 11.3 Å². The molecule has 1 aliphatic rings. The first-order chi connectivity index (χ1) is 10.0. The van der Waals surface area contributed by atoms with E-state index in [4.69, 9.17) is 9.84 Å². The Morgan fingerprint density at radius 2 is 2.14 bits per heavy atom. The minimum absolute atomic E-state index is 0.122. The Hall–Kier alpha value is -0.510. The molecule has 0 aliphatic carbocycles. The second kappa shape index (κ2) is 7.66. The van der Waals surface area contributed by atoms with E-state index in [1.54, 1.807) is 13.0 Å². The third-order valence-electron chi connectivity index (χ3n) is 3.45. The van der Waals surface area contributed by atoms with Crippen molar-refractivity contribution < 1.29 is 18.3 Å². The van der Waals surface area contributed by atoms with Crippen molar-refractivity contribution >= 4 is 21.4 Å². The van der Waals surface area contributed by atoms with Crippen LogP contribution in [0.4, 0.5) is 0 Å². The fourth-order valence-corrected chi connectivity index (χ4v) is 4.75. The van der Waals surface area contributed by atoms with Crippen LogP contribution < -0.4 is 4.72 Å². The molecule has 1 fully saturated rings. The molecule has 0 amide bonds. The van der Waals surface area contributed by atoms with E-state index in [9.17, 15) is 8.42 Å². The number of thiophene rings is 1. The number of rotatable bonds is 7. The van der Waals surface area contributed by atoms with E-state index in [-0.39, 0.29) is 10.8 Å².